The first-order valence-electron chi connectivity index (χ1n) is 5.76. The van der Waals surface area contributed by atoms with Crippen LogP contribution in [-0.2, 0) is 0 Å². The number of ether oxygens (including phenoxy) is 1. The Kier molecular flexibility index (Phi) is 4.69. The molecule has 0 amide bonds. The minimum Gasteiger partial charge on any atom is -0.434 e. The molecule has 0 radical (unpaired) electrons. The molecule has 0 fully saturated rings. The lowest BCUT2D eigenvalue weighted by Crippen LogP contribution is -2.08. The molecule has 0 heterocycles. The smallest absolute Gasteiger partial charge is 0.387 e. The fourth-order valence-electron chi connectivity index (χ4n) is 1.82. The lowest BCUT2D eigenvalue weighted by atomic mass is 10.0. The number of benzene rings is 2. The summed E-state index contributed by atoms with van der Waals surface area (Å²) in [6, 6.07) is 6.86. The van der Waals surface area contributed by atoms with Gasteiger partial charge in [0.05, 0.1) is 0 Å². The van der Waals surface area contributed by atoms with E-state index >= 15 is 0 Å². The molecular formula is C14H9ClF4O2. The standard InChI is InChI=1S/C14H9ClF4O2/c15-9-6-11(17)10(16)5-8(9)13(20)7-3-1-2-4-12(7)21-14(18)19/h1-6,13-14,20H. The van der Waals surface area contributed by atoms with Crippen molar-refractivity contribution in [2.45, 2.75) is 12.7 Å². The fraction of sp³-hybridized carbons (Fsp3) is 0.143. The van der Waals surface area contributed by atoms with Crippen LogP contribution in [0.25, 0.3) is 0 Å². The molecule has 0 spiro atoms. The van der Waals surface area contributed by atoms with Gasteiger partial charge in [-0.15, -0.1) is 0 Å². The molecule has 1 N–H and O–H groups in total. The van der Waals surface area contributed by atoms with Crippen molar-refractivity contribution < 1.29 is 27.4 Å². The average Bonchev–Trinajstić information content (AvgIpc) is 2.42. The monoisotopic (exact) mass is 320 g/mol. The number of hydrogen-bond donors (Lipinski definition) is 1. The molecule has 0 saturated carbocycles. The number of para-hydroxylation sites is 1. The van der Waals surface area contributed by atoms with E-state index in [4.69, 9.17) is 11.6 Å². The normalized spacial score (nSPS) is 12.5. The van der Waals surface area contributed by atoms with Crippen molar-refractivity contribution in [2.75, 3.05) is 0 Å². The number of halogens is 5. The van der Waals surface area contributed by atoms with E-state index in [9.17, 15) is 22.7 Å². The second-order valence-corrected chi connectivity index (χ2v) is 4.51. The fourth-order valence-corrected chi connectivity index (χ4v) is 2.08. The highest BCUT2D eigenvalue weighted by Gasteiger charge is 2.21. The third kappa shape index (κ3) is 3.46. The van der Waals surface area contributed by atoms with Gasteiger partial charge >= 0.3 is 6.61 Å². The molecule has 1 atom stereocenters. The Hall–Kier alpha value is -1.79. The van der Waals surface area contributed by atoms with Crippen LogP contribution in [0.4, 0.5) is 17.6 Å². The molecule has 7 heteroatoms. The number of aliphatic hydroxyl groups excluding tert-OH is 1. The van der Waals surface area contributed by atoms with E-state index in [-0.39, 0.29) is 21.9 Å². The van der Waals surface area contributed by atoms with Gasteiger partial charge in [-0.3, -0.25) is 0 Å². The van der Waals surface area contributed by atoms with Gasteiger partial charge in [0.1, 0.15) is 11.9 Å². The molecule has 0 aliphatic rings. The Labute approximate surface area is 122 Å². The van der Waals surface area contributed by atoms with Gasteiger partial charge < -0.3 is 9.84 Å². The van der Waals surface area contributed by atoms with Gasteiger partial charge in [0.25, 0.3) is 0 Å². The molecule has 112 valence electrons. The number of rotatable bonds is 4. The maximum atomic E-state index is 13.2. The topological polar surface area (TPSA) is 29.5 Å². The van der Waals surface area contributed by atoms with Gasteiger partial charge in [0, 0.05) is 16.1 Å². The lowest BCUT2D eigenvalue weighted by molar-refractivity contribution is -0.0512. The van der Waals surface area contributed by atoms with Crippen LogP contribution in [0.2, 0.25) is 5.02 Å². The molecule has 2 nitrogen and oxygen atoms in total. The highest BCUT2D eigenvalue weighted by molar-refractivity contribution is 6.31. The molecule has 21 heavy (non-hydrogen) atoms. The summed E-state index contributed by atoms with van der Waals surface area (Å²) in [4.78, 5) is 0. The Morgan fingerprint density at radius 1 is 1.00 bits per heavy atom. The van der Waals surface area contributed by atoms with Crippen LogP contribution in [-0.4, -0.2) is 11.7 Å². The summed E-state index contributed by atoms with van der Waals surface area (Å²) in [7, 11) is 0. The van der Waals surface area contributed by atoms with Crippen molar-refractivity contribution in [3.05, 3.63) is 64.2 Å². The maximum absolute atomic E-state index is 13.2. The van der Waals surface area contributed by atoms with Crippen molar-refractivity contribution in [1.29, 1.82) is 0 Å². The molecule has 2 rings (SSSR count). The molecule has 0 bridgehead atoms. The van der Waals surface area contributed by atoms with E-state index in [1.807, 2.05) is 0 Å². The Morgan fingerprint density at radius 3 is 2.29 bits per heavy atom. The van der Waals surface area contributed by atoms with Gasteiger partial charge in [-0.2, -0.15) is 8.78 Å². The molecule has 2 aromatic carbocycles. The first-order valence-corrected chi connectivity index (χ1v) is 6.14. The summed E-state index contributed by atoms with van der Waals surface area (Å²) < 4.78 is 55.2. The quantitative estimate of drug-likeness (QED) is 0.672. The van der Waals surface area contributed by atoms with Gasteiger partial charge in [0.15, 0.2) is 11.6 Å². The Balaban J connectivity index is 2.45. The summed E-state index contributed by atoms with van der Waals surface area (Å²) >= 11 is 5.75. The largest absolute Gasteiger partial charge is 0.434 e. The summed E-state index contributed by atoms with van der Waals surface area (Å²) in [5.41, 5.74) is -0.188. The predicted octanol–water partition coefficient (Wildman–Crippen LogP) is 4.30. The van der Waals surface area contributed by atoms with Crippen LogP contribution in [0.5, 0.6) is 5.75 Å². The second kappa shape index (κ2) is 6.32. The highest BCUT2D eigenvalue weighted by atomic mass is 35.5. The third-order valence-corrected chi connectivity index (χ3v) is 3.09. The van der Waals surface area contributed by atoms with E-state index in [2.05, 4.69) is 4.74 Å². The molecule has 2 aromatic rings. The summed E-state index contributed by atoms with van der Waals surface area (Å²) in [5.74, 6) is -2.66. The van der Waals surface area contributed by atoms with E-state index in [1.165, 1.54) is 24.3 Å². The molecule has 0 aliphatic carbocycles. The van der Waals surface area contributed by atoms with Crippen LogP contribution >= 0.6 is 11.6 Å². The highest BCUT2D eigenvalue weighted by Crippen LogP contribution is 2.35. The summed E-state index contributed by atoms with van der Waals surface area (Å²) in [6.45, 7) is -3.08. The van der Waals surface area contributed by atoms with Crippen LogP contribution in [0.15, 0.2) is 36.4 Å². The maximum Gasteiger partial charge on any atom is 0.387 e. The van der Waals surface area contributed by atoms with Gasteiger partial charge in [0.2, 0.25) is 0 Å². The molecule has 1 unspecified atom stereocenters. The van der Waals surface area contributed by atoms with Crippen molar-refractivity contribution in [3.8, 4) is 5.75 Å². The lowest BCUT2D eigenvalue weighted by Gasteiger charge is -2.17. The van der Waals surface area contributed by atoms with E-state index in [1.54, 1.807) is 0 Å². The van der Waals surface area contributed by atoms with Crippen LogP contribution in [0.1, 0.15) is 17.2 Å². The van der Waals surface area contributed by atoms with Crippen LogP contribution in [0, 0.1) is 11.6 Å². The Morgan fingerprint density at radius 2 is 1.62 bits per heavy atom. The first-order chi connectivity index (χ1) is 9.90. The SMILES string of the molecule is OC(c1cc(F)c(F)cc1Cl)c1ccccc1OC(F)F. The van der Waals surface area contributed by atoms with Gasteiger partial charge in [-0.25, -0.2) is 8.78 Å². The number of aliphatic hydroxyl groups is 1. The van der Waals surface area contributed by atoms with Crippen molar-refractivity contribution >= 4 is 11.6 Å². The van der Waals surface area contributed by atoms with Gasteiger partial charge in [-0.05, 0) is 18.2 Å². The molecule has 0 aliphatic heterocycles. The van der Waals surface area contributed by atoms with Crippen molar-refractivity contribution in [2.24, 2.45) is 0 Å². The first kappa shape index (κ1) is 15.6. The van der Waals surface area contributed by atoms with Gasteiger partial charge in [-0.1, -0.05) is 29.8 Å². The molecule has 0 aromatic heterocycles. The summed E-state index contributed by atoms with van der Waals surface area (Å²) in [5, 5.41) is 9.95. The zero-order chi connectivity index (χ0) is 15.6. The minimum absolute atomic E-state index is 0.0364. The van der Waals surface area contributed by atoms with Crippen LogP contribution < -0.4 is 4.74 Å². The molecule has 0 saturated heterocycles. The second-order valence-electron chi connectivity index (χ2n) is 4.11. The minimum atomic E-state index is -3.08. The van der Waals surface area contributed by atoms with Crippen molar-refractivity contribution in [1.82, 2.24) is 0 Å². The van der Waals surface area contributed by atoms with E-state index in [0.29, 0.717) is 12.1 Å². The van der Waals surface area contributed by atoms with E-state index < -0.39 is 24.3 Å². The average molecular weight is 321 g/mol. The van der Waals surface area contributed by atoms with Crippen LogP contribution in [0.3, 0.4) is 0 Å². The number of hydrogen-bond acceptors (Lipinski definition) is 2. The Bertz CT molecular complexity index is 649. The zero-order valence-corrected chi connectivity index (χ0v) is 11.1. The molecular weight excluding hydrogens is 312 g/mol. The van der Waals surface area contributed by atoms with E-state index in [0.717, 1.165) is 0 Å². The number of alkyl halides is 2. The van der Waals surface area contributed by atoms with Crippen molar-refractivity contribution in [3.63, 3.8) is 0 Å². The predicted molar refractivity (Wildman–Crippen MR) is 68.5 cm³/mol. The third-order valence-electron chi connectivity index (χ3n) is 2.76. The zero-order valence-electron chi connectivity index (χ0n) is 10.4. The summed E-state index contributed by atoms with van der Waals surface area (Å²) in [6.07, 6.45) is -1.54.